The van der Waals surface area contributed by atoms with Crippen LogP contribution in [0.15, 0.2) is 17.3 Å². The van der Waals surface area contributed by atoms with Crippen molar-refractivity contribution < 1.29 is 4.79 Å². The van der Waals surface area contributed by atoms with Crippen LogP contribution in [0.25, 0.3) is 11.0 Å². The largest absolute Gasteiger partial charge is 0.352 e. The highest BCUT2D eigenvalue weighted by Crippen LogP contribution is 2.17. The van der Waals surface area contributed by atoms with Crippen LogP contribution in [0.1, 0.15) is 38.5 Å². The molecule has 1 fully saturated rings. The Kier molecular flexibility index (Phi) is 4.22. The van der Waals surface area contributed by atoms with E-state index in [1.54, 1.807) is 11.7 Å². The number of hydrogen-bond donors (Lipinski definition) is 1. The van der Waals surface area contributed by atoms with Crippen LogP contribution in [0.4, 0.5) is 0 Å². The average Bonchev–Trinajstić information content (AvgIpc) is 2.71. The topological polar surface area (TPSA) is 81.8 Å². The molecule has 1 aliphatic carbocycles. The van der Waals surface area contributed by atoms with E-state index in [1.807, 2.05) is 0 Å². The van der Waals surface area contributed by atoms with Crippen molar-refractivity contribution in [1.29, 1.82) is 0 Å². The molecule has 3 rings (SSSR count). The fraction of sp³-hybridized carbons (Fsp3) is 0.600. The highest BCUT2D eigenvalue weighted by atomic mass is 16.2. The number of amides is 1. The van der Waals surface area contributed by atoms with Gasteiger partial charge < -0.3 is 5.32 Å². The lowest BCUT2D eigenvalue weighted by Gasteiger charge is -2.16. The van der Waals surface area contributed by atoms with Crippen LogP contribution in [0.2, 0.25) is 0 Å². The van der Waals surface area contributed by atoms with Crippen molar-refractivity contribution in [2.24, 2.45) is 7.05 Å². The molecule has 0 aromatic carbocycles. The highest BCUT2D eigenvalue weighted by Gasteiger charge is 2.16. The van der Waals surface area contributed by atoms with E-state index < -0.39 is 0 Å². The summed E-state index contributed by atoms with van der Waals surface area (Å²) < 4.78 is 2.89. The maximum atomic E-state index is 12.3. The van der Waals surface area contributed by atoms with Gasteiger partial charge in [-0.1, -0.05) is 25.7 Å². The SMILES string of the molecule is Cn1ncc2c(=O)n(CC(=O)NC3CCCCCC3)cnc21. The second-order valence-electron chi connectivity index (χ2n) is 5.94. The van der Waals surface area contributed by atoms with E-state index in [4.69, 9.17) is 0 Å². The number of aryl methyl sites for hydroxylation is 1. The summed E-state index contributed by atoms with van der Waals surface area (Å²) in [5.41, 5.74) is 0.305. The van der Waals surface area contributed by atoms with Gasteiger partial charge in [0.05, 0.1) is 6.20 Å². The first kappa shape index (κ1) is 14.7. The van der Waals surface area contributed by atoms with Crippen LogP contribution >= 0.6 is 0 Å². The van der Waals surface area contributed by atoms with Crippen LogP contribution in [0.3, 0.4) is 0 Å². The zero-order valence-electron chi connectivity index (χ0n) is 12.8. The van der Waals surface area contributed by atoms with Crippen LogP contribution in [-0.4, -0.2) is 31.3 Å². The Morgan fingerprint density at radius 3 is 2.77 bits per heavy atom. The first-order valence-corrected chi connectivity index (χ1v) is 7.81. The fourth-order valence-corrected chi connectivity index (χ4v) is 3.03. The van der Waals surface area contributed by atoms with E-state index in [9.17, 15) is 9.59 Å². The molecular weight excluding hydrogens is 282 g/mol. The summed E-state index contributed by atoms with van der Waals surface area (Å²) in [4.78, 5) is 28.7. The van der Waals surface area contributed by atoms with Crippen molar-refractivity contribution in [2.45, 2.75) is 51.1 Å². The van der Waals surface area contributed by atoms with Gasteiger partial charge in [-0.2, -0.15) is 5.10 Å². The number of fused-ring (bicyclic) bond motifs is 1. The van der Waals surface area contributed by atoms with Crippen LogP contribution in [0, 0.1) is 0 Å². The summed E-state index contributed by atoms with van der Waals surface area (Å²) in [6.07, 6.45) is 9.77. The van der Waals surface area contributed by atoms with Gasteiger partial charge in [-0.05, 0) is 12.8 Å². The normalized spacial score (nSPS) is 16.6. The summed E-state index contributed by atoms with van der Waals surface area (Å²) in [5.74, 6) is -0.126. The molecule has 2 heterocycles. The summed E-state index contributed by atoms with van der Waals surface area (Å²) in [7, 11) is 1.73. The van der Waals surface area contributed by atoms with Gasteiger partial charge >= 0.3 is 0 Å². The van der Waals surface area contributed by atoms with Gasteiger partial charge in [0.2, 0.25) is 5.91 Å². The Labute approximate surface area is 128 Å². The molecule has 0 radical (unpaired) electrons. The number of nitrogens with zero attached hydrogens (tertiary/aromatic N) is 4. The third kappa shape index (κ3) is 3.03. The Morgan fingerprint density at radius 2 is 2.05 bits per heavy atom. The van der Waals surface area contributed by atoms with Gasteiger partial charge in [-0.25, -0.2) is 4.98 Å². The van der Waals surface area contributed by atoms with Gasteiger partial charge in [0.25, 0.3) is 5.56 Å². The lowest BCUT2D eigenvalue weighted by molar-refractivity contribution is -0.122. The van der Waals surface area contributed by atoms with Crippen molar-refractivity contribution in [3.05, 3.63) is 22.9 Å². The smallest absolute Gasteiger partial charge is 0.264 e. The summed E-state index contributed by atoms with van der Waals surface area (Å²) in [5, 5.41) is 7.50. The minimum atomic E-state index is -0.228. The lowest BCUT2D eigenvalue weighted by atomic mass is 10.1. The van der Waals surface area contributed by atoms with Crippen LogP contribution in [-0.2, 0) is 18.4 Å². The molecule has 1 saturated carbocycles. The quantitative estimate of drug-likeness (QED) is 0.857. The highest BCUT2D eigenvalue weighted by molar-refractivity contribution is 5.77. The van der Waals surface area contributed by atoms with Gasteiger partial charge in [-0.15, -0.1) is 0 Å². The summed E-state index contributed by atoms with van der Waals surface area (Å²) in [6.45, 7) is 0.00711. The molecule has 22 heavy (non-hydrogen) atoms. The third-order valence-corrected chi connectivity index (χ3v) is 4.25. The molecule has 0 spiro atoms. The standard InChI is InChI=1S/C15H21N5O2/c1-19-14-12(8-17-19)15(22)20(10-16-14)9-13(21)18-11-6-4-2-3-5-7-11/h8,10-11H,2-7,9H2,1H3,(H,18,21). The minimum absolute atomic E-state index is 0.00711. The van der Waals surface area contributed by atoms with E-state index in [0.29, 0.717) is 11.0 Å². The van der Waals surface area contributed by atoms with Crippen molar-refractivity contribution in [3.63, 3.8) is 0 Å². The average molecular weight is 303 g/mol. The molecule has 0 unspecified atom stereocenters. The van der Waals surface area contributed by atoms with E-state index >= 15 is 0 Å². The monoisotopic (exact) mass is 303 g/mol. The lowest BCUT2D eigenvalue weighted by Crippen LogP contribution is -2.38. The number of carbonyl (C=O) groups is 1. The molecule has 1 amide bonds. The second-order valence-corrected chi connectivity index (χ2v) is 5.94. The number of aromatic nitrogens is 4. The Bertz CT molecular complexity index is 725. The maximum Gasteiger partial charge on any atom is 0.264 e. The molecule has 118 valence electrons. The second kappa shape index (κ2) is 6.29. The van der Waals surface area contributed by atoms with Crippen molar-refractivity contribution in [2.75, 3.05) is 0 Å². The Balaban J connectivity index is 1.71. The molecule has 0 bridgehead atoms. The van der Waals surface area contributed by atoms with Crippen LogP contribution < -0.4 is 10.9 Å². The Morgan fingerprint density at radius 1 is 1.32 bits per heavy atom. The van der Waals surface area contributed by atoms with Crippen molar-refractivity contribution in [1.82, 2.24) is 24.6 Å². The summed E-state index contributed by atoms with van der Waals surface area (Å²) >= 11 is 0. The molecule has 0 saturated heterocycles. The van der Waals surface area contributed by atoms with Gasteiger partial charge in [0.15, 0.2) is 5.65 Å². The molecular formula is C15H21N5O2. The maximum absolute atomic E-state index is 12.3. The molecule has 1 N–H and O–H groups in total. The van der Waals surface area contributed by atoms with E-state index in [0.717, 1.165) is 25.7 Å². The molecule has 2 aromatic heterocycles. The predicted octanol–water partition coefficient (Wildman–Crippen LogP) is 0.969. The first-order chi connectivity index (χ1) is 10.6. The van der Waals surface area contributed by atoms with E-state index in [-0.39, 0.29) is 24.1 Å². The predicted molar refractivity (Wildman–Crippen MR) is 82.4 cm³/mol. The minimum Gasteiger partial charge on any atom is -0.352 e. The van der Waals surface area contributed by atoms with Gasteiger partial charge in [0.1, 0.15) is 18.3 Å². The first-order valence-electron chi connectivity index (χ1n) is 7.81. The molecule has 0 aliphatic heterocycles. The molecule has 7 heteroatoms. The molecule has 2 aromatic rings. The fourth-order valence-electron chi connectivity index (χ4n) is 3.03. The molecule has 7 nitrogen and oxygen atoms in total. The number of carbonyl (C=O) groups excluding carboxylic acids is 1. The summed E-state index contributed by atoms with van der Waals surface area (Å²) in [6, 6.07) is 0.237. The van der Waals surface area contributed by atoms with Crippen molar-refractivity contribution >= 4 is 16.9 Å². The van der Waals surface area contributed by atoms with E-state index in [1.165, 1.54) is 29.9 Å². The van der Waals surface area contributed by atoms with Crippen LogP contribution in [0.5, 0.6) is 0 Å². The third-order valence-electron chi connectivity index (χ3n) is 4.25. The number of rotatable bonds is 3. The zero-order valence-corrected chi connectivity index (χ0v) is 12.8. The van der Waals surface area contributed by atoms with Gasteiger partial charge in [0, 0.05) is 13.1 Å². The van der Waals surface area contributed by atoms with Crippen molar-refractivity contribution in [3.8, 4) is 0 Å². The van der Waals surface area contributed by atoms with Gasteiger partial charge in [-0.3, -0.25) is 18.8 Å². The zero-order chi connectivity index (χ0) is 15.5. The van der Waals surface area contributed by atoms with E-state index in [2.05, 4.69) is 15.4 Å². The number of hydrogen-bond acceptors (Lipinski definition) is 4. The number of nitrogens with one attached hydrogen (secondary N) is 1. The Hall–Kier alpha value is -2.18. The molecule has 1 aliphatic rings. The molecule has 0 atom stereocenters.